The highest BCUT2D eigenvalue weighted by Gasteiger charge is 2.16. The van der Waals surface area contributed by atoms with Gasteiger partial charge in [-0.1, -0.05) is 54.6 Å². The Bertz CT molecular complexity index is 781. The van der Waals surface area contributed by atoms with Crippen LogP contribution in [0.5, 0.6) is 0 Å². The van der Waals surface area contributed by atoms with E-state index in [9.17, 15) is 9.18 Å². The second kappa shape index (κ2) is 8.04. The first-order valence-electron chi connectivity index (χ1n) is 7.48. The molecule has 0 spiro atoms. The van der Waals surface area contributed by atoms with E-state index in [0.717, 1.165) is 5.56 Å². The van der Waals surface area contributed by atoms with Crippen molar-refractivity contribution < 1.29 is 9.18 Å². The lowest BCUT2D eigenvalue weighted by Gasteiger charge is -2.14. The van der Waals surface area contributed by atoms with Crippen LogP contribution in [0.2, 0.25) is 5.02 Å². The third kappa shape index (κ3) is 4.63. The van der Waals surface area contributed by atoms with Crippen LogP contribution < -0.4 is 0 Å². The van der Waals surface area contributed by atoms with Gasteiger partial charge in [0.1, 0.15) is 5.82 Å². The van der Waals surface area contributed by atoms with Gasteiger partial charge < -0.3 is 4.90 Å². The maximum Gasteiger partial charge on any atom is 0.190 e. The summed E-state index contributed by atoms with van der Waals surface area (Å²) in [6.45, 7) is 4.34. The quantitative estimate of drug-likeness (QED) is 0.559. The zero-order valence-corrected chi connectivity index (χ0v) is 14.5. The lowest BCUT2D eigenvalue weighted by Crippen LogP contribution is -2.19. The molecule has 0 saturated heterocycles. The summed E-state index contributed by atoms with van der Waals surface area (Å²) in [5.74, 6) is -0.678. The smallest absolute Gasteiger partial charge is 0.190 e. The van der Waals surface area contributed by atoms with E-state index in [4.69, 9.17) is 11.6 Å². The third-order valence-electron chi connectivity index (χ3n) is 3.41. The second-order valence-electron chi connectivity index (χ2n) is 5.77. The van der Waals surface area contributed by atoms with Crippen LogP contribution in [0.3, 0.4) is 0 Å². The molecule has 2 aromatic carbocycles. The molecule has 0 saturated carbocycles. The summed E-state index contributed by atoms with van der Waals surface area (Å²) in [7, 11) is 3.75. The number of ketones is 1. The molecule has 2 nitrogen and oxygen atoms in total. The Morgan fingerprint density at radius 1 is 1.21 bits per heavy atom. The lowest BCUT2D eigenvalue weighted by atomic mass is 9.95. The summed E-state index contributed by atoms with van der Waals surface area (Å²) in [6, 6.07) is 13.7. The van der Waals surface area contributed by atoms with Gasteiger partial charge >= 0.3 is 0 Å². The molecule has 0 atom stereocenters. The molecule has 0 aromatic heterocycles. The molecule has 0 amide bonds. The van der Waals surface area contributed by atoms with Crippen molar-refractivity contribution in [2.75, 3.05) is 20.6 Å². The van der Waals surface area contributed by atoms with E-state index in [0.29, 0.717) is 23.3 Å². The van der Waals surface area contributed by atoms with Gasteiger partial charge in [-0.2, -0.15) is 0 Å². The van der Waals surface area contributed by atoms with Gasteiger partial charge in [0.15, 0.2) is 5.78 Å². The fraction of sp³-hybridized carbons (Fsp3) is 0.150. The van der Waals surface area contributed by atoms with Gasteiger partial charge in [-0.3, -0.25) is 4.79 Å². The molecule has 0 aliphatic carbocycles. The molecule has 124 valence electrons. The van der Waals surface area contributed by atoms with Gasteiger partial charge in [0.25, 0.3) is 0 Å². The molecule has 0 bridgehead atoms. The van der Waals surface area contributed by atoms with Crippen molar-refractivity contribution in [2.24, 2.45) is 0 Å². The number of benzene rings is 2. The molecule has 0 radical (unpaired) electrons. The van der Waals surface area contributed by atoms with Gasteiger partial charge in [-0.15, -0.1) is 0 Å². The number of hydrogen-bond acceptors (Lipinski definition) is 2. The van der Waals surface area contributed by atoms with Crippen LogP contribution in [0, 0.1) is 5.82 Å². The highest BCUT2D eigenvalue weighted by Crippen LogP contribution is 2.24. The van der Waals surface area contributed by atoms with Gasteiger partial charge in [-0.25, -0.2) is 4.39 Å². The Morgan fingerprint density at radius 2 is 1.88 bits per heavy atom. The Morgan fingerprint density at radius 3 is 2.46 bits per heavy atom. The van der Waals surface area contributed by atoms with E-state index in [1.54, 1.807) is 12.1 Å². The number of allylic oxidation sites excluding steroid dienone is 1. The van der Waals surface area contributed by atoms with Gasteiger partial charge in [-0.05, 0) is 43.4 Å². The van der Waals surface area contributed by atoms with Crippen LogP contribution in [0.25, 0.3) is 11.6 Å². The summed E-state index contributed by atoms with van der Waals surface area (Å²) in [4.78, 5) is 14.7. The minimum Gasteiger partial charge on any atom is -0.305 e. The van der Waals surface area contributed by atoms with Crippen molar-refractivity contribution in [1.82, 2.24) is 4.90 Å². The van der Waals surface area contributed by atoms with E-state index in [2.05, 4.69) is 6.58 Å². The number of likely N-dealkylation sites (N-methyl/N-ethyl adjacent to an activating group) is 1. The van der Waals surface area contributed by atoms with E-state index in [1.165, 1.54) is 12.1 Å². The predicted molar refractivity (Wildman–Crippen MR) is 98.4 cm³/mol. The molecule has 4 heteroatoms. The van der Waals surface area contributed by atoms with Crippen LogP contribution in [0.1, 0.15) is 11.1 Å². The van der Waals surface area contributed by atoms with Crippen LogP contribution in [-0.4, -0.2) is 31.3 Å². The third-order valence-corrected chi connectivity index (χ3v) is 3.72. The summed E-state index contributed by atoms with van der Waals surface area (Å²) in [6.07, 6.45) is 1.66. The zero-order valence-electron chi connectivity index (χ0n) is 13.7. The molecule has 0 fully saturated rings. The van der Waals surface area contributed by atoms with E-state index in [-0.39, 0.29) is 10.8 Å². The monoisotopic (exact) mass is 343 g/mol. The standard InChI is InChI=1S/C20H19ClFNO/c1-14(13-23(2)3)20(24)17(16-7-5-4-6-8-16)11-15-9-10-18(21)19(22)12-15/h4-12H,1,13H2,2-3H3/b17-11+. The van der Waals surface area contributed by atoms with Crippen molar-refractivity contribution in [2.45, 2.75) is 0 Å². The topological polar surface area (TPSA) is 20.3 Å². The second-order valence-corrected chi connectivity index (χ2v) is 6.18. The van der Waals surface area contributed by atoms with Crippen LogP contribution in [0.15, 0.2) is 60.7 Å². The minimum absolute atomic E-state index is 0.0526. The predicted octanol–water partition coefficient (Wildman–Crippen LogP) is 4.71. The first kappa shape index (κ1) is 18.1. The number of Topliss-reactive ketones (excluding diaryl/α,β-unsaturated/α-hetero) is 1. The maximum absolute atomic E-state index is 13.7. The maximum atomic E-state index is 13.7. The number of carbonyl (C=O) groups is 1. The minimum atomic E-state index is -0.516. The molecular weight excluding hydrogens is 325 g/mol. The van der Waals surface area contributed by atoms with Gasteiger partial charge in [0.2, 0.25) is 0 Å². The van der Waals surface area contributed by atoms with E-state index >= 15 is 0 Å². The Kier molecular flexibility index (Phi) is 6.07. The largest absolute Gasteiger partial charge is 0.305 e. The number of carbonyl (C=O) groups excluding carboxylic acids is 1. The molecular formula is C20H19ClFNO. The molecule has 24 heavy (non-hydrogen) atoms. The normalized spacial score (nSPS) is 11.6. The van der Waals surface area contributed by atoms with Gasteiger partial charge in [0.05, 0.1) is 5.02 Å². The summed E-state index contributed by atoms with van der Waals surface area (Å²) in [5.41, 5.74) is 2.29. The molecule has 2 rings (SSSR count). The van der Waals surface area contributed by atoms with Crippen molar-refractivity contribution in [3.63, 3.8) is 0 Å². The Labute approximate surface area is 146 Å². The average molecular weight is 344 g/mol. The number of rotatable bonds is 6. The van der Waals surface area contributed by atoms with Crippen molar-refractivity contribution >= 4 is 29.0 Å². The molecule has 2 aromatic rings. The Balaban J connectivity index is 2.47. The van der Waals surface area contributed by atoms with E-state index < -0.39 is 5.82 Å². The summed E-state index contributed by atoms with van der Waals surface area (Å²) in [5, 5.41) is 0.0526. The SMILES string of the molecule is C=C(CN(C)C)C(=O)/C(=C/c1ccc(Cl)c(F)c1)c1ccccc1. The van der Waals surface area contributed by atoms with Crippen molar-refractivity contribution in [3.05, 3.63) is 82.6 Å². The van der Waals surface area contributed by atoms with Crippen LogP contribution >= 0.6 is 11.6 Å². The van der Waals surface area contributed by atoms with Crippen LogP contribution in [-0.2, 0) is 4.79 Å². The molecule has 0 unspecified atom stereocenters. The van der Waals surface area contributed by atoms with Crippen LogP contribution in [0.4, 0.5) is 4.39 Å². The summed E-state index contributed by atoms with van der Waals surface area (Å²) < 4.78 is 13.7. The van der Waals surface area contributed by atoms with Gasteiger partial charge in [0, 0.05) is 17.7 Å². The zero-order chi connectivity index (χ0) is 17.7. The highest BCUT2D eigenvalue weighted by atomic mass is 35.5. The fourth-order valence-corrected chi connectivity index (χ4v) is 2.43. The number of hydrogen-bond donors (Lipinski definition) is 0. The first-order valence-corrected chi connectivity index (χ1v) is 7.85. The molecule has 0 N–H and O–H groups in total. The average Bonchev–Trinajstić information content (AvgIpc) is 2.55. The number of halogens is 2. The van der Waals surface area contributed by atoms with Crippen molar-refractivity contribution in [3.8, 4) is 0 Å². The fourth-order valence-electron chi connectivity index (χ4n) is 2.31. The van der Waals surface area contributed by atoms with E-state index in [1.807, 2.05) is 49.3 Å². The summed E-state index contributed by atoms with van der Waals surface area (Å²) >= 11 is 5.72. The molecule has 0 aliphatic heterocycles. The molecule has 0 heterocycles. The highest BCUT2D eigenvalue weighted by molar-refractivity contribution is 6.32. The first-order chi connectivity index (χ1) is 11.4. The van der Waals surface area contributed by atoms with Crippen molar-refractivity contribution in [1.29, 1.82) is 0 Å². The number of nitrogens with zero attached hydrogens (tertiary/aromatic N) is 1. The lowest BCUT2D eigenvalue weighted by molar-refractivity contribution is -0.110. The Hall–Kier alpha value is -2.23. The molecule has 0 aliphatic rings.